The molecule has 1 aliphatic carbocycles. The van der Waals surface area contributed by atoms with Gasteiger partial charge in [-0.3, -0.25) is 0 Å². The van der Waals surface area contributed by atoms with E-state index in [-0.39, 0.29) is 5.79 Å². The predicted molar refractivity (Wildman–Crippen MR) is 68.0 cm³/mol. The first kappa shape index (κ1) is 11.1. The van der Waals surface area contributed by atoms with Gasteiger partial charge in [0.1, 0.15) is 5.82 Å². The molecule has 0 bridgehead atoms. The van der Waals surface area contributed by atoms with Gasteiger partial charge in [-0.15, -0.1) is 0 Å². The van der Waals surface area contributed by atoms with Crippen LogP contribution in [0.2, 0.25) is 0 Å². The van der Waals surface area contributed by atoms with E-state index in [9.17, 15) is 0 Å². The Labute approximate surface area is 110 Å². The van der Waals surface area contributed by atoms with Gasteiger partial charge in [0, 0.05) is 43.4 Å². The third-order valence-corrected chi connectivity index (χ3v) is 4.77. The van der Waals surface area contributed by atoms with Gasteiger partial charge >= 0.3 is 0 Å². The lowest BCUT2D eigenvalue weighted by Gasteiger charge is -2.37. The van der Waals surface area contributed by atoms with Crippen LogP contribution in [0.15, 0.2) is 0 Å². The van der Waals surface area contributed by atoms with E-state index in [1.54, 1.807) is 0 Å². The van der Waals surface area contributed by atoms with Crippen LogP contribution < -0.4 is 4.90 Å². The predicted octanol–water partition coefficient (Wildman–Crippen LogP) is 1.76. The zero-order valence-corrected chi connectivity index (χ0v) is 11.1. The summed E-state index contributed by atoms with van der Waals surface area (Å²) in [5.41, 5.74) is 0. The smallest absolute Gasteiger partial charge is 0.205 e. The second kappa shape index (κ2) is 4.15. The van der Waals surface area contributed by atoms with Gasteiger partial charge in [0.2, 0.25) is 5.13 Å². The molecule has 0 atom stereocenters. The zero-order chi connectivity index (χ0) is 12.0. The fourth-order valence-corrected chi connectivity index (χ4v) is 3.48. The van der Waals surface area contributed by atoms with Crippen LogP contribution in [-0.2, 0) is 9.47 Å². The van der Waals surface area contributed by atoms with Crippen molar-refractivity contribution < 1.29 is 9.47 Å². The second-order valence-corrected chi connectivity index (χ2v) is 6.03. The van der Waals surface area contributed by atoms with Gasteiger partial charge in [0.25, 0.3) is 0 Å². The molecule has 4 rings (SSSR count). The summed E-state index contributed by atoms with van der Waals surface area (Å²) in [6.45, 7) is 3.40. The highest BCUT2D eigenvalue weighted by molar-refractivity contribution is 7.09. The molecule has 0 aromatic carbocycles. The molecular weight excluding hydrogens is 250 g/mol. The Morgan fingerprint density at radius 1 is 1.17 bits per heavy atom. The molecule has 2 aliphatic heterocycles. The van der Waals surface area contributed by atoms with Crippen molar-refractivity contribution in [1.29, 1.82) is 0 Å². The van der Waals surface area contributed by atoms with Crippen LogP contribution in [0.25, 0.3) is 0 Å². The number of hydrogen-bond acceptors (Lipinski definition) is 6. The first-order valence-electron chi connectivity index (χ1n) is 6.71. The fraction of sp³-hybridized carbons (Fsp3) is 0.833. The molecule has 0 radical (unpaired) electrons. The molecule has 3 heterocycles. The molecule has 18 heavy (non-hydrogen) atoms. The third kappa shape index (κ3) is 1.92. The fourth-order valence-electron chi connectivity index (χ4n) is 2.69. The molecule has 0 amide bonds. The van der Waals surface area contributed by atoms with Crippen molar-refractivity contribution in [2.45, 2.75) is 37.4 Å². The summed E-state index contributed by atoms with van der Waals surface area (Å²) in [6, 6.07) is 0. The molecule has 0 N–H and O–H groups in total. The highest BCUT2D eigenvalue weighted by Crippen LogP contribution is 2.40. The van der Waals surface area contributed by atoms with Gasteiger partial charge < -0.3 is 14.4 Å². The summed E-state index contributed by atoms with van der Waals surface area (Å²) in [5, 5.41) is 1.07. The molecule has 0 unspecified atom stereocenters. The molecule has 1 saturated carbocycles. The average Bonchev–Trinajstić information content (AvgIpc) is 2.97. The van der Waals surface area contributed by atoms with Crippen LogP contribution in [0.3, 0.4) is 0 Å². The van der Waals surface area contributed by atoms with Crippen LogP contribution in [0.5, 0.6) is 0 Å². The van der Waals surface area contributed by atoms with E-state index in [0.717, 1.165) is 50.1 Å². The Morgan fingerprint density at radius 2 is 1.89 bits per heavy atom. The number of hydrogen-bond donors (Lipinski definition) is 0. The average molecular weight is 267 g/mol. The van der Waals surface area contributed by atoms with Crippen LogP contribution in [0, 0.1) is 0 Å². The molecule has 1 aromatic rings. The van der Waals surface area contributed by atoms with Gasteiger partial charge in [-0.25, -0.2) is 4.98 Å². The van der Waals surface area contributed by atoms with Gasteiger partial charge in [0.15, 0.2) is 5.79 Å². The maximum absolute atomic E-state index is 5.74. The molecule has 6 heteroatoms. The molecule has 3 aliphatic rings. The summed E-state index contributed by atoms with van der Waals surface area (Å²) in [4.78, 5) is 6.98. The zero-order valence-electron chi connectivity index (χ0n) is 10.3. The molecule has 1 spiro atoms. The Kier molecular flexibility index (Phi) is 2.56. The topological polar surface area (TPSA) is 47.5 Å². The van der Waals surface area contributed by atoms with Crippen LogP contribution in [0.4, 0.5) is 5.13 Å². The van der Waals surface area contributed by atoms with Crippen LogP contribution >= 0.6 is 11.5 Å². The molecule has 3 fully saturated rings. The van der Waals surface area contributed by atoms with E-state index >= 15 is 0 Å². The summed E-state index contributed by atoms with van der Waals surface area (Å²) >= 11 is 1.54. The van der Waals surface area contributed by atoms with E-state index in [0.29, 0.717) is 5.92 Å². The number of anilines is 1. The van der Waals surface area contributed by atoms with Crippen molar-refractivity contribution in [3.63, 3.8) is 0 Å². The maximum Gasteiger partial charge on any atom is 0.205 e. The van der Waals surface area contributed by atoms with Crippen molar-refractivity contribution in [1.82, 2.24) is 9.36 Å². The van der Waals surface area contributed by atoms with Gasteiger partial charge in [-0.05, 0) is 12.8 Å². The molecule has 98 valence electrons. The summed E-state index contributed by atoms with van der Waals surface area (Å²) in [7, 11) is 0. The van der Waals surface area contributed by atoms with Crippen molar-refractivity contribution in [2.75, 3.05) is 31.2 Å². The van der Waals surface area contributed by atoms with Crippen molar-refractivity contribution in [3.05, 3.63) is 5.82 Å². The Hall–Kier alpha value is -0.720. The van der Waals surface area contributed by atoms with E-state index in [1.807, 2.05) is 0 Å². The standard InChI is InChI=1S/C12H17N3O2S/c1-2-9(1)10-13-11(18-14-10)15-5-3-12(4-6-15)16-7-8-17-12/h9H,1-8H2. The van der Waals surface area contributed by atoms with Crippen LogP contribution in [0.1, 0.15) is 37.4 Å². The highest BCUT2D eigenvalue weighted by Gasteiger charge is 2.40. The SMILES string of the molecule is C1COC2(CCN(c3nc(C4CC4)ns3)CC2)O1. The normalized spacial score (nSPS) is 27.0. The first-order chi connectivity index (χ1) is 8.85. The van der Waals surface area contributed by atoms with Gasteiger partial charge in [0.05, 0.1) is 13.2 Å². The Bertz CT molecular complexity index is 430. The minimum Gasteiger partial charge on any atom is -0.347 e. The summed E-state index contributed by atoms with van der Waals surface area (Å²) in [6.07, 6.45) is 4.40. The minimum absolute atomic E-state index is 0.291. The Balaban J connectivity index is 1.43. The summed E-state index contributed by atoms with van der Waals surface area (Å²) < 4.78 is 15.9. The number of nitrogens with zero attached hydrogens (tertiary/aromatic N) is 3. The number of rotatable bonds is 2. The lowest BCUT2D eigenvalue weighted by Crippen LogP contribution is -2.45. The second-order valence-electron chi connectivity index (χ2n) is 5.30. The largest absolute Gasteiger partial charge is 0.347 e. The van der Waals surface area contributed by atoms with E-state index in [4.69, 9.17) is 9.47 Å². The number of aromatic nitrogens is 2. The van der Waals surface area contributed by atoms with E-state index in [2.05, 4.69) is 14.3 Å². The van der Waals surface area contributed by atoms with Crippen LogP contribution in [-0.4, -0.2) is 41.4 Å². The quantitative estimate of drug-likeness (QED) is 0.817. The van der Waals surface area contributed by atoms with Gasteiger partial charge in [-0.2, -0.15) is 4.37 Å². The summed E-state index contributed by atoms with van der Waals surface area (Å²) in [5.74, 6) is 1.41. The van der Waals surface area contributed by atoms with Crippen molar-refractivity contribution in [3.8, 4) is 0 Å². The number of piperidine rings is 1. The molecule has 2 saturated heterocycles. The van der Waals surface area contributed by atoms with E-state index < -0.39 is 0 Å². The molecule has 1 aromatic heterocycles. The molecular formula is C12H17N3O2S. The van der Waals surface area contributed by atoms with Gasteiger partial charge in [-0.1, -0.05) is 0 Å². The van der Waals surface area contributed by atoms with E-state index in [1.165, 1.54) is 24.4 Å². The lowest BCUT2D eigenvalue weighted by molar-refractivity contribution is -0.169. The molecule has 5 nitrogen and oxygen atoms in total. The van der Waals surface area contributed by atoms with Crippen molar-refractivity contribution in [2.24, 2.45) is 0 Å². The Morgan fingerprint density at radius 3 is 2.56 bits per heavy atom. The maximum atomic E-state index is 5.74. The first-order valence-corrected chi connectivity index (χ1v) is 7.48. The third-order valence-electron chi connectivity index (χ3n) is 3.98. The minimum atomic E-state index is -0.291. The highest BCUT2D eigenvalue weighted by atomic mass is 32.1. The van der Waals surface area contributed by atoms with Crippen molar-refractivity contribution >= 4 is 16.7 Å². The monoisotopic (exact) mass is 267 g/mol. The lowest BCUT2D eigenvalue weighted by atomic mass is 10.0. The number of ether oxygens (including phenoxy) is 2.